The summed E-state index contributed by atoms with van der Waals surface area (Å²) in [7, 11) is 0. The molecule has 0 bridgehead atoms. The van der Waals surface area contributed by atoms with Crippen molar-refractivity contribution < 1.29 is 22.5 Å². The second-order valence-corrected chi connectivity index (χ2v) is 7.40. The van der Waals surface area contributed by atoms with E-state index in [2.05, 4.69) is 15.0 Å². The second kappa shape index (κ2) is 8.50. The van der Waals surface area contributed by atoms with E-state index in [9.17, 15) is 18.0 Å². The van der Waals surface area contributed by atoms with E-state index in [1.54, 1.807) is 4.90 Å². The lowest BCUT2D eigenvalue weighted by Crippen LogP contribution is -2.49. The van der Waals surface area contributed by atoms with Gasteiger partial charge in [0.25, 0.3) is 5.91 Å². The number of hydrogen-bond acceptors (Lipinski definition) is 5. The average Bonchev–Trinajstić information content (AvgIpc) is 3.29. The summed E-state index contributed by atoms with van der Waals surface area (Å²) in [5.41, 5.74) is 0.0816. The third-order valence-electron chi connectivity index (χ3n) is 5.42. The van der Waals surface area contributed by atoms with Gasteiger partial charge in [0, 0.05) is 37.3 Å². The van der Waals surface area contributed by atoms with E-state index in [1.807, 2.05) is 37.3 Å². The second-order valence-electron chi connectivity index (χ2n) is 7.40. The largest absolute Gasteiger partial charge is 0.416 e. The highest BCUT2D eigenvalue weighted by Crippen LogP contribution is 2.30. The van der Waals surface area contributed by atoms with Crippen LogP contribution in [0.4, 0.5) is 13.2 Å². The summed E-state index contributed by atoms with van der Waals surface area (Å²) in [5, 5.41) is 4.04. The van der Waals surface area contributed by atoms with Gasteiger partial charge >= 0.3 is 6.18 Å². The number of carbonyl (C=O) groups is 1. The topological polar surface area (TPSA) is 62.5 Å². The zero-order chi connectivity index (χ0) is 22.0. The number of aromatic nitrogens is 2. The molecular weight excluding hydrogens is 409 g/mol. The van der Waals surface area contributed by atoms with E-state index in [4.69, 9.17) is 4.52 Å². The van der Waals surface area contributed by atoms with E-state index >= 15 is 0 Å². The summed E-state index contributed by atoms with van der Waals surface area (Å²) in [4.78, 5) is 20.8. The monoisotopic (exact) mass is 430 g/mol. The molecule has 6 nitrogen and oxygen atoms in total. The van der Waals surface area contributed by atoms with Crippen LogP contribution in [0.3, 0.4) is 0 Å². The molecule has 0 N–H and O–H groups in total. The highest BCUT2D eigenvalue weighted by molar-refractivity contribution is 5.94. The van der Waals surface area contributed by atoms with Gasteiger partial charge in [-0.25, -0.2) is 0 Å². The quantitative estimate of drug-likeness (QED) is 0.619. The fourth-order valence-electron chi connectivity index (χ4n) is 3.59. The van der Waals surface area contributed by atoms with Crippen molar-refractivity contribution in [2.24, 2.45) is 0 Å². The molecule has 1 amide bonds. The molecule has 162 valence electrons. The van der Waals surface area contributed by atoms with Crippen molar-refractivity contribution in [2.45, 2.75) is 19.1 Å². The average molecular weight is 430 g/mol. The Morgan fingerprint density at radius 2 is 1.74 bits per heavy atom. The maximum atomic E-state index is 12.9. The molecule has 1 saturated heterocycles. The van der Waals surface area contributed by atoms with Crippen LogP contribution in [0.25, 0.3) is 11.4 Å². The van der Waals surface area contributed by atoms with Gasteiger partial charge in [-0.3, -0.25) is 9.69 Å². The summed E-state index contributed by atoms with van der Waals surface area (Å²) in [5.74, 6) is 0.597. The molecule has 1 aliphatic rings. The molecule has 4 rings (SSSR count). The first-order valence-corrected chi connectivity index (χ1v) is 9.92. The summed E-state index contributed by atoms with van der Waals surface area (Å²) < 4.78 is 44.2. The molecule has 1 aliphatic heterocycles. The number of halogens is 3. The highest BCUT2D eigenvalue weighted by atomic mass is 19.4. The van der Waals surface area contributed by atoms with Crippen molar-refractivity contribution in [3.05, 3.63) is 71.6 Å². The normalized spacial score (nSPS) is 16.3. The summed E-state index contributed by atoms with van der Waals surface area (Å²) in [6, 6.07) is 13.9. The van der Waals surface area contributed by atoms with Crippen LogP contribution in [0.1, 0.15) is 34.8 Å². The van der Waals surface area contributed by atoms with Crippen LogP contribution >= 0.6 is 0 Å². The molecule has 0 spiro atoms. The van der Waals surface area contributed by atoms with Crippen molar-refractivity contribution in [2.75, 3.05) is 26.2 Å². The van der Waals surface area contributed by atoms with Gasteiger partial charge in [-0.2, -0.15) is 18.2 Å². The van der Waals surface area contributed by atoms with Crippen molar-refractivity contribution >= 4 is 5.91 Å². The summed E-state index contributed by atoms with van der Waals surface area (Å²) >= 11 is 0. The van der Waals surface area contributed by atoms with Crippen LogP contribution in [0.15, 0.2) is 59.1 Å². The molecule has 31 heavy (non-hydrogen) atoms. The van der Waals surface area contributed by atoms with Crippen LogP contribution in [-0.4, -0.2) is 52.0 Å². The van der Waals surface area contributed by atoms with E-state index in [0.717, 1.165) is 17.7 Å². The summed E-state index contributed by atoms with van der Waals surface area (Å²) in [6.07, 6.45) is -4.48. The lowest BCUT2D eigenvalue weighted by atomic mass is 10.1. The molecule has 9 heteroatoms. The molecule has 1 unspecified atom stereocenters. The minimum atomic E-state index is -4.48. The molecule has 1 fully saturated rings. The van der Waals surface area contributed by atoms with E-state index in [0.29, 0.717) is 37.9 Å². The fourth-order valence-corrected chi connectivity index (χ4v) is 3.59. The first-order valence-electron chi connectivity index (χ1n) is 9.92. The Balaban J connectivity index is 1.39. The number of nitrogens with zero attached hydrogens (tertiary/aromatic N) is 4. The van der Waals surface area contributed by atoms with E-state index in [-0.39, 0.29) is 11.6 Å². The third-order valence-corrected chi connectivity index (χ3v) is 5.42. The van der Waals surface area contributed by atoms with Gasteiger partial charge in [0.2, 0.25) is 11.7 Å². The molecule has 0 saturated carbocycles. The Morgan fingerprint density at radius 1 is 1.03 bits per heavy atom. The number of alkyl halides is 3. The van der Waals surface area contributed by atoms with Crippen molar-refractivity contribution in [1.29, 1.82) is 0 Å². The first-order chi connectivity index (χ1) is 14.8. The van der Waals surface area contributed by atoms with Crippen LogP contribution in [0.2, 0.25) is 0 Å². The van der Waals surface area contributed by atoms with E-state index in [1.165, 1.54) is 12.1 Å². The molecule has 0 radical (unpaired) electrons. The van der Waals surface area contributed by atoms with Gasteiger partial charge in [0.15, 0.2) is 0 Å². The predicted molar refractivity (Wildman–Crippen MR) is 107 cm³/mol. The van der Waals surface area contributed by atoms with Gasteiger partial charge < -0.3 is 9.42 Å². The maximum Gasteiger partial charge on any atom is 0.416 e. The molecule has 2 heterocycles. The SMILES string of the molecule is CC(c1nc(-c2ccccc2)no1)N1CCN(C(=O)c2cccc(C(F)(F)F)c2)CC1. The molecule has 3 aromatic rings. The Kier molecular flexibility index (Phi) is 5.77. The number of carbonyl (C=O) groups excluding carboxylic acids is 1. The molecule has 1 atom stereocenters. The summed E-state index contributed by atoms with van der Waals surface area (Å²) in [6.45, 7) is 3.86. The van der Waals surface area contributed by atoms with Crippen LogP contribution < -0.4 is 0 Å². The minimum Gasteiger partial charge on any atom is -0.337 e. The van der Waals surface area contributed by atoms with E-state index < -0.39 is 17.6 Å². The Hall–Kier alpha value is -3.20. The maximum absolute atomic E-state index is 12.9. The van der Waals surface area contributed by atoms with Crippen molar-refractivity contribution in [3.8, 4) is 11.4 Å². The number of rotatable bonds is 4. The smallest absolute Gasteiger partial charge is 0.337 e. The fraction of sp³-hybridized carbons (Fsp3) is 0.318. The Morgan fingerprint density at radius 3 is 2.42 bits per heavy atom. The van der Waals surface area contributed by atoms with Gasteiger partial charge in [0.05, 0.1) is 11.6 Å². The number of benzene rings is 2. The van der Waals surface area contributed by atoms with Crippen LogP contribution in [0, 0.1) is 0 Å². The molecular formula is C22H21F3N4O2. The van der Waals surface area contributed by atoms with Crippen LogP contribution in [-0.2, 0) is 6.18 Å². The number of hydrogen-bond donors (Lipinski definition) is 0. The van der Waals surface area contributed by atoms with Crippen molar-refractivity contribution in [1.82, 2.24) is 19.9 Å². The number of amides is 1. The lowest BCUT2D eigenvalue weighted by molar-refractivity contribution is -0.137. The van der Waals surface area contributed by atoms with Gasteiger partial charge in [-0.15, -0.1) is 0 Å². The first kappa shape index (κ1) is 21.0. The zero-order valence-corrected chi connectivity index (χ0v) is 16.8. The predicted octanol–water partition coefficient (Wildman–Crippen LogP) is 4.27. The highest BCUT2D eigenvalue weighted by Gasteiger charge is 2.32. The van der Waals surface area contributed by atoms with Gasteiger partial charge in [-0.05, 0) is 25.1 Å². The lowest BCUT2D eigenvalue weighted by Gasteiger charge is -2.36. The van der Waals surface area contributed by atoms with Crippen molar-refractivity contribution in [3.63, 3.8) is 0 Å². The Labute approximate surface area is 177 Å². The zero-order valence-electron chi connectivity index (χ0n) is 16.8. The standard InChI is InChI=1S/C22H21F3N4O2/c1-15(20-26-19(27-31-20)16-6-3-2-4-7-16)28-10-12-29(13-11-28)21(30)17-8-5-9-18(14-17)22(23,24)25/h2-9,14-15H,10-13H2,1H3. The molecule has 1 aromatic heterocycles. The van der Waals surface area contributed by atoms with Gasteiger partial charge in [0.1, 0.15) is 0 Å². The number of piperazine rings is 1. The molecule has 2 aromatic carbocycles. The van der Waals surface area contributed by atoms with Gasteiger partial charge in [-0.1, -0.05) is 41.6 Å². The third kappa shape index (κ3) is 4.61. The minimum absolute atomic E-state index is 0.0423. The Bertz CT molecular complexity index is 1040. The molecule has 0 aliphatic carbocycles. The van der Waals surface area contributed by atoms with Crippen LogP contribution in [0.5, 0.6) is 0 Å².